The Morgan fingerprint density at radius 1 is 0.887 bits per heavy atom. The molecule has 1 aliphatic heterocycles. The van der Waals surface area contributed by atoms with Gasteiger partial charge in [0.2, 0.25) is 0 Å². The van der Waals surface area contributed by atoms with E-state index in [4.69, 9.17) is 14.2 Å². The molecule has 0 aliphatic carbocycles. The van der Waals surface area contributed by atoms with Gasteiger partial charge < -0.3 is 29.3 Å². The van der Waals surface area contributed by atoms with Crippen LogP contribution >= 0.6 is 15.9 Å². The Kier molecular flexibility index (Phi) is 10.6. The standard InChI is InChI=1S/C39H35BrF2N6O5/c1-46-14-16-47(17-15-46)13-4-18-52-36-23-31-27(22-35(36)51-2)33(10-12-43-31)53-34-9-7-26(21-30(34)42)45-38(49)28-19-24-5-3-11-44-37(24)48(39(28)50)32-8-6-25(40)20-29(32)41/h3,5-12,19-23H,4,13-18H2,1-2H3,(H,45,49). The van der Waals surface area contributed by atoms with Crippen LogP contribution in [0.3, 0.4) is 0 Å². The molecule has 53 heavy (non-hydrogen) atoms. The highest BCUT2D eigenvalue weighted by atomic mass is 79.9. The van der Waals surface area contributed by atoms with Crippen LogP contribution < -0.4 is 25.1 Å². The minimum absolute atomic E-state index is 0.0718. The zero-order chi connectivity index (χ0) is 37.1. The summed E-state index contributed by atoms with van der Waals surface area (Å²) in [5, 5.41) is 3.58. The number of pyridine rings is 3. The topological polar surface area (TPSA) is 111 Å². The van der Waals surface area contributed by atoms with Crippen LogP contribution in [0.2, 0.25) is 0 Å². The van der Waals surface area contributed by atoms with E-state index in [2.05, 4.69) is 48.1 Å². The second-order valence-electron chi connectivity index (χ2n) is 12.6. The van der Waals surface area contributed by atoms with Crippen molar-refractivity contribution >= 4 is 49.5 Å². The van der Waals surface area contributed by atoms with Gasteiger partial charge in [-0.05, 0) is 74.1 Å². The second kappa shape index (κ2) is 15.7. The van der Waals surface area contributed by atoms with Crippen molar-refractivity contribution < 1.29 is 27.8 Å². The molecule has 3 aromatic heterocycles. The highest BCUT2D eigenvalue weighted by Crippen LogP contribution is 2.38. The van der Waals surface area contributed by atoms with Gasteiger partial charge in [0.05, 0.1) is 24.9 Å². The number of halogens is 3. The lowest BCUT2D eigenvalue weighted by Gasteiger charge is -2.32. The molecule has 0 spiro atoms. The molecular weight excluding hydrogens is 750 g/mol. The SMILES string of the molecule is COc1cc2c(Oc3ccc(NC(=O)c4cc5cccnc5n(-c5ccc(Br)cc5F)c4=O)cc3F)ccnc2cc1OCCCN1CCN(C)CC1. The molecule has 1 amide bonds. The van der Waals surface area contributed by atoms with Gasteiger partial charge >= 0.3 is 0 Å². The highest BCUT2D eigenvalue weighted by Gasteiger charge is 2.21. The number of anilines is 1. The number of benzene rings is 3. The second-order valence-corrected chi connectivity index (χ2v) is 13.5. The first kappa shape index (κ1) is 35.9. The molecule has 1 fully saturated rings. The fourth-order valence-corrected chi connectivity index (χ4v) is 6.53. The maximum atomic E-state index is 15.5. The van der Waals surface area contributed by atoms with Gasteiger partial charge in [0.1, 0.15) is 22.8 Å². The molecule has 0 radical (unpaired) electrons. The van der Waals surface area contributed by atoms with Gasteiger partial charge in [-0.15, -0.1) is 0 Å². The van der Waals surface area contributed by atoms with Gasteiger partial charge in [-0.3, -0.25) is 19.1 Å². The van der Waals surface area contributed by atoms with E-state index in [0.29, 0.717) is 44.6 Å². The van der Waals surface area contributed by atoms with Crippen LogP contribution in [0.4, 0.5) is 14.5 Å². The smallest absolute Gasteiger partial charge is 0.269 e. The predicted molar refractivity (Wildman–Crippen MR) is 202 cm³/mol. The first-order valence-electron chi connectivity index (χ1n) is 16.9. The third-order valence-corrected chi connectivity index (χ3v) is 9.52. The summed E-state index contributed by atoms with van der Waals surface area (Å²) >= 11 is 3.22. The number of likely N-dealkylation sites (N-methyl/N-ethyl adjacent to an activating group) is 1. The number of nitrogens with zero attached hydrogens (tertiary/aromatic N) is 5. The van der Waals surface area contributed by atoms with Gasteiger partial charge in [-0.1, -0.05) is 15.9 Å². The third-order valence-electron chi connectivity index (χ3n) is 9.03. The molecule has 0 bridgehead atoms. The number of rotatable bonds is 11. The Morgan fingerprint density at radius 2 is 1.72 bits per heavy atom. The number of hydrogen-bond donors (Lipinski definition) is 1. The van der Waals surface area contributed by atoms with Crippen molar-refractivity contribution in [3.05, 3.63) is 117 Å². The normalized spacial score (nSPS) is 13.7. The Labute approximate surface area is 311 Å². The molecule has 3 aromatic carbocycles. The zero-order valence-corrected chi connectivity index (χ0v) is 30.5. The Bertz CT molecular complexity index is 2380. The fourth-order valence-electron chi connectivity index (χ4n) is 6.20. The lowest BCUT2D eigenvalue weighted by atomic mass is 10.1. The molecule has 1 N–H and O–H groups in total. The fraction of sp³-hybridized carbons (Fsp3) is 0.231. The summed E-state index contributed by atoms with van der Waals surface area (Å²) in [4.78, 5) is 40.6. The number of piperazine rings is 1. The van der Waals surface area contributed by atoms with Gasteiger partial charge in [-0.25, -0.2) is 13.8 Å². The van der Waals surface area contributed by atoms with Crippen molar-refractivity contribution in [2.75, 3.05) is 58.8 Å². The molecule has 272 valence electrons. The molecule has 6 aromatic rings. The molecule has 7 rings (SSSR count). The molecule has 0 atom stereocenters. The lowest BCUT2D eigenvalue weighted by molar-refractivity contribution is 0.102. The molecule has 1 saturated heterocycles. The zero-order valence-electron chi connectivity index (χ0n) is 28.9. The van der Waals surface area contributed by atoms with Crippen molar-refractivity contribution in [1.82, 2.24) is 24.3 Å². The van der Waals surface area contributed by atoms with E-state index in [1.165, 1.54) is 36.5 Å². The monoisotopic (exact) mass is 784 g/mol. The van der Waals surface area contributed by atoms with Crippen LogP contribution in [0.5, 0.6) is 23.0 Å². The average Bonchev–Trinajstić information content (AvgIpc) is 3.15. The summed E-state index contributed by atoms with van der Waals surface area (Å²) < 4.78 is 49.8. The quantitative estimate of drug-likeness (QED) is 0.138. The van der Waals surface area contributed by atoms with E-state index in [1.807, 2.05) is 0 Å². The van der Waals surface area contributed by atoms with Crippen LogP contribution in [-0.2, 0) is 0 Å². The largest absolute Gasteiger partial charge is 0.493 e. The highest BCUT2D eigenvalue weighted by molar-refractivity contribution is 9.10. The summed E-state index contributed by atoms with van der Waals surface area (Å²) in [7, 11) is 3.68. The molecular formula is C39H35BrF2N6O5. The number of amides is 1. The van der Waals surface area contributed by atoms with E-state index >= 15 is 8.78 Å². The Hall–Kier alpha value is -5.44. The first-order chi connectivity index (χ1) is 25.7. The Morgan fingerprint density at radius 3 is 2.49 bits per heavy atom. The number of aromatic nitrogens is 3. The number of methoxy groups -OCH3 is 1. The maximum Gasteiger partial charge on any atom is 0.269 e. The van der Waals surface area contributed by atoms with E-state index in [-0.39, 0.29) is 28.3 Å². The Balaban J connectivity index is 1.08. The molecule has 0 saturated carbocycles. The number of ether oxygens (including phenoxy) is 3. The van der Waals surface area contributed by atoms with Crippen LogP contribution in [0.15, 0.2) is 94.5 Å². The number of carbonyl (C=O) groups excluding carboxylic acids is 1. The van der Waals surface area contributed by atoms with Crippen molar-refractivity contribution in [1.29, 1.82) is 0 Å². The van der Waals surface area contributed by atoms with Gasteiger partial charge in [0, 0.05) is 78.2 Å². The number of fused-ring (bicyclic) bond motifs is 2. The van der Waals surface area contributed by atoms with E-state index < -0.39 is 23.1 Å². The maximum absolute atomic E-state index is 15.5. The summed E-state index contributed by atoms with van der Waals surface area (Å²) in [6.07, 6.45) is 3.89. The number of nitrogens with one attached hydrogen (secondary N) is 1. The van der Waals surface area contributed by atoms with Gasteiger partial charge in [-0.2, -0.15) is 0 Å². The summed E-state index contributed by atoms with van der Waals surface area (Å²) in [6.45, 7) is 5.67. The van der Waals surface area contributed by atoms with E-state index in [1.54, 1.807) is 49.7 Å². The molecule has 0 unspecified atom stereocenters. The van der Waals surface area contributed by atoms with Crippen LogP contribution in [0, 0.1) is 11.6 Å². The number of hydrogen-bond acceptors (Lipinski definition) is 9. The molecule has 11 nitrogen and oxygen atoms in total. The van der Waals surface area contributed by atoms with Crippen LogP contribution in [0.1, 0.15) is 16.8 Å². The van der Waals surface area contributed by atoms with E-state index in [0.717, 1.165) is 49.8 Å². The van der Waals surface area contributed by atoms with Gasteiger partial charge in [0.25, 0.3) is 11.5 Å². The summed E-state index contributed by atoms with van der Waals surface area (Å²) in [5.41, 5.74) is -0.349. The predicted octanol–water partition coefficient (Wildman–Crippen LogP) is 7.04. The van der Waals surface area contributed by atoms with Crippen molar-refractivity contribution in [2.24, 2.45) is 0 Å². The molecule has 14 heteroatoms. The first-order valence-corrected chi connectivity index (χ1v) is 17.7. The molecule has 1 aliphatic rings. The average molecular weight is 786 g/mol. The summed E-state index contributed by atoms with van der Waals surface area (Å²) in [5.74, 6) is -1.02. The molecule has 4 heterocycles. The lowest BCUT2D eigenvalue weighted by Crippen LogP contribution is -2.44. The van der Waals surface area contributed by atoms with E-state index in [9.17, 15) is 9.59 Å². The van der Waals surface area contributed by atoms with Crippen molar-refractivity contribution in [2.45, 2.75) is 6.42 Å². The minimum Gasteiger partial charge on any atom is -0.493 e. The van der Waals surface area contributed by atoms with Crippen LogP contribution in [0.25, 0.3) is 27.6 Å². The van der Waals surface area contributed by atoms with Crippen LogP contribution in [-0.4, -0.2) is 83.7 Å². The minimum atomic E-state index is -0.815. The number of carbonyl (C=O) groups is 1. The summed E-state index contributed by atoms with van der Waals surface area (Å²) in [6, 6.07) is 17.9. The van der Waals surface area contributed by atoms with Crippen molar-refractivity contribution in [3.63, 3.8) is 0 Å². The third kappa shape index (κ3) is 7.84. The van der Waals surface area contributed by atoms with Gasteiger partial charge in [0.15, 0.2) is 23.1 Å². The van der Waals surface area contributed by atoms with Crippen molar-refractivity contribution in [3.8, 4) is 28.7 Å².